The number of rotatable bonds is 3. The van der Waals surface area contributed by atoms with Crippen molar-refractivity contribution in [3.8, 4) is 17.0 Å². The van der Waals surface area contributed by atoms with Crippen molar-refractivity contribution in [2.24, 2.45) is 5.92 Å². The van der Waals surface area contributed by atoms with E-state index in [0.717, 1.165) is 39.7 Å². The summed E-state index contributed by atoms with van der Waals surface area (Å²) in [7, 11) is 0. The van der Waals surface area contributed by atoms with Crippen LogP contribution in [0.15, 0.2) is 30.6 Å². The fourth-order valence-electron chi connectivity index (χ4n) is 4.09. The second-order valence-corrected chi connectivity index (χ2v) is 8.19. The summed E-state index contributed by atoms with van der Waals surface area (Å²) in [6.07, 6.45) is 2.64. The Hall–Kier alpha value is -3.59. The average molecular weight is 435 g/mol. The van der Waals surface area contributed by atoms with Gasteiger partial charge < -0.3 is 25.3 Å². The van der Waals surface area contributed by atoms with Gasteiger partial charge in [-0.2, -0.15) is 0 Å². The molecular weight excluding hydrogens is 410 g/mol. The molecule has 5 rings (SSSR count). The fourth-order valence-corrected chi connectivity index (χ4v) is 4.09. The second-order valence-electron chi connectivity index (χ2n) is 8.19. The van der Waals surface area contributed by atoms with E-state index in [-0.39, 0.29) is 12.0 Å². The number of nitrogens with two attached hydrogens (primary N) is 1. The molecular formula is C23H25N5O4. The van der Waals surface area contributed by atoms with Crippen LogP contribution in [0.2, 0.25) is 0 Å². The molecule has 2 atom stereocenters. The molecule has 4 heterocycles. The topological polar surface area (TPSA) is 121 Å². The van der Waals surface area contributed by atoms with Crippen molar-refractivity contribution in [2.75, 3.05) is 42.7 Å². The van der Waals surface area contributed by atoms with Crippen LogP contribution in [0.5, 0.6) is 5.88 Å². The molecule has 0 spiro atoms. The molecule has 9 nitrogen and oxygen atoms in total. The molecule has 0 saturated carbocycles. The van der Waals surface area contributed by atoms with E-state index < -0.39 is 6.09 Å². The van der Waals surface area contributed by atoms with Crippen LogP contribution in [0, 0.1) is 12.8 Å². The molecule has 2 aromatic heterocycles. The number of carbonyl (C=O) groups is 1. The summed E-state index contributed by atoms with van der Waals surface area (Å²) >= 11 is 0. The Morgan fingerprint density at radius 3 is 2.94 bits per heavy atom. The molecule has 0 radical (unpaired) electrons. The lowest BCUT2D eigenvalue weighted by Gasteiger charge is -2.21. The molecule has 3 aromatic rings. The lowest BCUT2D eigenvalue weighted by Crippen LogP contribution is -2.27. The maximum atomic E-state index is 12.3. The van der Waals surface area contributed by atoms with E-state index in [0.29, 0.717) is 37.2 Å². The SMILES string of the molecule is Cc1c(-c2cc(N)c3cnc(NC(=O)O[C@@H]4COC[C@H]4C)cc3c2)cnc2c1NCCO2. The van der Waals surface area contributed by atoms with Gasteiger partial charge in [0.25, 0.3) is 0 Å². The number of hydrogen-bond donors (Lipinski definition) is 3. The number of nitrogens with one attached hydrogen (secondary N) is 2. The van der Waals surface area contributed by atoms with E-state index in [2.05, 4.69) is 20.6 Å². The third-order valence-electron chi connectivity index (χ3n) is 5.91. The first-order chi connectivity index (χ1) is 15.5. The number of nitrogen functional groups attached to an aromatic ring is 1. The quantitative estimate of drug-likeness (QED) is 0.534. The molecule has 0 aliphatic carbocycles. The van der Waals surface area contributed by atoms with E-state index >= 15 is 0 Å². The summed E-state index contributed by atoms with van der Waals surface area (Å²) < 4.78 is 16.4. The van der Waals surface area contributed by atoms with Gasteiger partial charge in [0.15, 0.2) is 0 Å². The van der Waals surface area contributed by atoms with Gasteiger partial charge in [0, 0.05) is 41.5 Å². The summed E-state index contributed by atoms with van der Waals surface area (Å²) in [6.45, 7) is 6.35. The normalized spacial score (nSPS) is 19.7. The Bertz CT molecular complexity index is 1200. The van der Waals surface area contributed by atoms with Crippen LogP contribution >= 0.6 is 0 Å². The Morgan fingerprint density at radius 1 is 1.25 bits per heavy atom. The number of carbonyl (C=O) groups excluding carboxylic acids is 1. The third kappa shape index (κ3) is 3.75. The minimum absolute atomic E-state index is 0.168. The number of hydrogen-bond acceptors (Lipinski definition) is 8. The van der Waals surface area contributed by atoms with Crippen molar-refractivity contribution < 1.29 is 19.0 Å². The molecule has 1 amide bonds. The van der Waals surface area contributed by atoms with Gasteiger partial charge in [0.1, 0.15) is 24.2 Å². The van der Waals surface area contributed by atoms with Gasteiger partial charge in [-0.25, -0.2) is 14.8 Å². The van der Waals surface area contributed by atoms with Gasteiger partial charge in [0.2, 0.25) is 5.88 Å². The van der Waals surface area contributed by atoms with E-state index in [1.807, 2.05) is 26.0 Å². The van der Waals surface area contributed by atoms with Crippen LogP contribution < -0.4 is 21.1 Å². The number of aromatic nitrogens is 2. The highest BCUT2D eigenvalue weighted by Crippen LogP contribution is 2.37. The second kappa shape index (κ2) is 8.16. The molecule has 2 aliphatic heterocycles. The zero-order chi connectivity index (χ0) is 22.2. The van der Waals surface area contributed by atoms with Crippen molar-refractivity contribution in [1.82, 2.24) is 9.97 Å². The standard InChI is InChI=1S/C23H25N5O4/c1-12-10-30-11-19(12)32-23(29)28-20-7-15-5-14(6-18(24)17(15)9-26-20)16-8-27-22-21(13(16)2)25-3-4-31-22/h5-9,12,19,25H,3-4,10-11,24H2,1-2H3,(H,26,28,29)/t12-,19-/m1/s1. The lowest BCUT2D eigenvalue weighted by atomic mass is 9.98. The monoisotopic (exact) mass is 435 g/mol. The van der Waals surface area contributed by atoms with E-state index in [1.54, 1.807) is 18.5 Å². The van der Waals surface area contributed by atoms with Crippen LogP contribution in [-0.2, 0) is 9.47 Å². The highest BCUT2D eigenvalue weighted by molar-refractivity contribution is 5.99. The maximum Gasteiger partial charge on any atom is 0.413 e. The first-order valence-corrected chi connectivity index (χ1v) is 10.6. The van der Waals surface area contributed by atoms with Crippen LogP contribution in [0.1, 0.15) is 12.5 Å². The molecule has 2 aliphatic rings. The molecule has 166 valence electrons. The highest BCUT2D eigenvalue weighted by Gasteiger charge is 2.28. The molecule has 9 heteroatoms. The van der Waals surface area contributed by atoms with Crippen LogP contribution in [0.25, 0.3) is 21.9 Å². The summed E-state index contributed by atoms with van der Waals surface area (Å²) in [6, 6.07) is 5.71. The number of benzene rings is 1. The first-order valence-electron chi connectivity index (χ1n) is 10.6. The largest absolute Gasteiger partial charge is 0.474 e. The van der Waals surface area contributed by atoms with Crippen LogP contribution in [0.4, 0.5) is 22.0 Å². The minimum Gasteiger partial charge on any atom is -0.474 e. The number of amides is 1. The maximum absolute atomic E-state index is 12.3. The molecule has 1 saturated heterocycles. The van der Waals surface area contributed by atoms with Crippen LogP contribution in [0.3, 0.4) is 0 Å². The van der Waals surface area contributed by atoms with Gasteiger partial charge in [0.05, 0.1) is 13.2 Å². The summed E-state index contributed by atoms with van der Waals surface area (Å²) in [4.78, 5) is 21.1. The molecule has 4 N–H and O–H groups in total. The van der Waals surface area contributed by atoms with Gasteiger partial charge in [-0.05, 0) is 41.6 Å². The Balaban J connectivity index is 1.44. The number of anilines is 3. The minimum atomic E-state index is -0.552. The molecule has 1 aromatic carbocycles. The number of fused-ring (bicyclic) bond motifs is 2. The van der Waals surface area contributed by atoms with Crippen molar-refractivity contribution in [3.63, 3.8) is 0 Å². The Kier molecular flexibility index (Phi) is 5.18. The van der Waals surface area contributed by atoms with Crippen molar-refractivity contribution >= 4 is 34.1 Å². The molecule has 32 heavy (non-hydrogen) atoms. The van der Waals surface area contributed by atoms with Crippen molar-refractivity contribution in [2.45, 2.75) is 20.0 Å². The number of nitrogens with zero attached hydrogens (tertiary/aromatic N) is 2. The molecule has 0 bridgehead atoms. The van der Waals surface area contributed by atoms with E-state index in [1.165, 1.54) is 0 Å². The predicted octanol–water partition coefficient (Wildman–Crippen LogP) is 3.58. The summed E-state index contributed by atoms with van der Waals surface area (Å²) in [5.74, 6) is 1.17. The molecule has 1 fully saturated rings. The zero-order valence-corrected chi connectivity index (χ0v) is 18.0. The van der Waals surface area contributed by atoms with Crippen LogP contribution in [-0.4, -0.2) is 48.5 Å². The summed E-state index contributed by atoms with van der Waals surface area (Å²) in [5.41, 5.74) is 10.7. The first kappa shape index (κ1) is 20.3. The number of ether oxygens (including phenoxy) is 3. The summed E-state index contributed by atoms with van der Waals surface area (Å²) in [5, 5.41) is 7.71. The van der Waals surface area contributed by atoms with E-state index in [9.17, 15) is 4.79 Å². The van der Waals surface area contributed by atoms with Crippen molar-refractivity contribution in [3.05, 3.63) is 36.2 Å². The fraction of sp³-hybridized carbons (Fsp3) is 0.348. The van der Waals surface area contributed by atoms with Gasteiger partial charge >= 0.3 is 6.09 Å². The average Bonchev–Trinajstić information content (AvgIpc) is 3.18. The lowest BCUT2D eigenvalue weighted by molar-refractivity contribution is 0.0843. The van der Waals surface area contributed by atoms with Gasteiger partial charge in [-0.1, -0.05) is 6.92 Å². The van der Waals surface area contributed by atoms with Gasteiger partial charge in [-0.3, -0.25) is 5.32 Å². The Morgan fingerprint density at radius 2 is 2.12 bits per heavy atom. The predicted molar refractivity (Wildman–Crippen MR) is 122 cm³/mol. The third-order valence-corrected chi connectivity index (χ3v) is 5.91. The smallest absolute Gasteiger partial charge is 0.413 e. The number of pyridine rings is 2. The van der Waals surface area contributed by atoms with Gasteiger partial charge in [-0.15, -0.1) is 0 Å². The zero-order valence-electron chi connectivity index (χ0n) is 18.0. The Labute approximate surface area is 185 Å². The molecule has 0 unspecified atom stereocenters. The van der Waals surface area contributed by atoms with E-state index in [4.69, 9.17) is 19.9 Å². The van der Waals surface area contributed by atoms with Crippen molar-refractivity contribution in [1.29, 1.82) is 0 Å². The highest BCUT2D eigenvalue weighted by atomic mass is 16.6.